The van der Waals surface area contributed by atoms with Crippen molar-refractivity contribution < 1.29 is 9.59 Å². The SMILES string of the molecule is CC(C)CNC(=O)NC(=O)C(C)Sc1ccccc1Cl. The van der Waals surface area contributed by atoms with E-state index >= 15 is 0 Å². The van der Waals surface area contributed by atoms with E-state index in [1.54, 1.807) is 13.0 Å². The summed E-state index contributed by atoms with van der Waals surface area (Å²) in [5.74, 6) is 0.00181. The lowest BCUT2D eigenvalue weighted by Crippen LogP contribution is -2.43. The van der Waals surface area contributed by atoms with Crippen molar-refractivity contribution >= 4 is 35.3 Å². The molecule has 6 heteroatoms. The first-order valence-electron chi connectivity index (χ1n) is 6.40. The molecule has 0 bridgehead atoms. The van der Waals surface area contributed by atoms with Crippen LogP contribution in [0, 0.1) is 5.92 Å². The van der Waals surface area contributed by atoms with Crippen LogP contribution in [0.1, 0.15) is 20.8 Å². The largest absolute Gasteiger partial charge is 0.338 e. The van der Waals surface area contributed by atoms with Crippen LogP contribution < -0.4 is 10.6 Å². The summed E-state index contributed by atoms with van der Waals surface area (Å²) in [6, 6.07) is 6.83. The van der Waals surface area contributed by atoms with Gasteiger partial charge in [0.2, 0.25) is 5.91 Å². The number of amides is 3. The second kappa shape index (κ2) is 8.17. The van der Waals surface area contributed by atoms with Crippen LogP contribution in [0.4, 0.5) is 4.79 Å². The summed E-state index contributed by atoms with van der Waals surface area (Å²) < 4.78 is 0. The molecule has 1 rings (SSSR count). The van der Waals surface area contributed by atoms with E-state index in [9.17, 15) is 9.59 Å². The normalized spacial score (nSPS) is 12.1. The molecule has 0 heterocycles. The molecule has 0 radical (unpaired) electrons. The van der Waals surface area contributed by atoms with E-state index in [0.717, 1.165) is 4.90 Å². The zero-order valence-corrected chi connectivity index (χ0v) is 13.3. The number of carbonyl (C=O) groups excluding carboxylic acids is 2. The Morgan fingerprint density at radius 2 is 1.90 bits per heavy atom. The molecule has 20 heavy (non-hydrogen) atoms. The molecule has 0 saturated carbocycles. The van der Waals surface area contributed by atoms with Crippen molar-refractivity contribution in [3.8, 4) is 0 Å². The van der Waals surface area contributed by atoms with Gasteiger partial charge in [0.25, 0.3) is 0 Å². The number of halogens is 1. The number of thioether (sulfide) groups is 1. The molecule has 4 nitrogen and oxygen atoms in total. The van der Waals surface area contributed by atoms with Crippen molar-refractivity contribution in [2.24, 2.45) is 5.92 Å². The number of imide groups is 1. The Balaban J connectivity index is 2.47. The Bertz CT molecular complexity index is 480. The summed E-state index contributed by atoms with van der Waals surface area (Å²) in [7, 11) is 0. The van der Waals surface area contributed by atoms with Crippen molar-refractivity contribution in [2.75, 3.05) is 6.54 Å². The Morgan fingerprint density at radius 1 is 1.25 bits per heavy atom. The molecular weight excluding hydrogens is 296 g/mol. The van der Waals surface area contributed by atoms with Crippen LogP contribution in [0.25, 0.3) is 0 Å². The van der Waals surface area contributed by atoms with E-state index in [4.69, 9.17) is 11.6 Å². The molecule has 0 aliphatic heterocycles. The van der Waals surface area contributed by atoms with E-state index in [1.165, 1.54) is 11.8 Å². The first-order valence-corrected chi connectivity index (χ1v) is 7.65. The third kappa shape index (κ3) is 5.84. The lowest BCUT2D eigenvalue weighted by molar-refractivity contribution is -0.119. The fourth-order valence-electron chi connectivity index (χ4n) is 1.34. The summed E-state index contributed by atoms with van der Waals surface area (Å²) in [6.45, 7) is 6.24. The molecule has 2 N–H and O–H groups in total. The number of nitrogens with one attached hydrogen (secondary N) is 2. The van der Waals surface area contributed by atoms with Gasteiger partial charge in [0.05, 0.1) is 10.3 Å². The summed E-state index contributed by atoms with van der Waals surface area (Å²) >= 11 is 7.35. The zero-order valence-electron chi connectivity index (χ0n) is 11.8. The zero-order chi connectivity index (χ0) is 15.1. The molecule has 1 atom stereocenters. The summed E-state index contributed by atoms with van der Waals surface area (Å²) in [4.78, 5) is 24.2. The molecule has 0 aromatic heterocycles. The number of benzene rings is 1. The molecule has 1 unspecified atom stereocenters. The van der Waals surface area contributed by atoms with E-state index < -0.39 is 11.3 Å². The van der Waals surface area contributed by atoms with Gasteiger partial charge in [-0.1, -0.05) is 37.6 Å². The first kappa shape index (κ1) is 16.9. The van der Waals surface area contributed by atoms with Gasteiger partial charge >= 0.3 is 6.03 Å². The molecular formula is C14H19ClN2O2S. The second-order valence-electron chi connectivity index (χ2n) is 4.78. The Kier molecular flexibility index (Phi) is 6.88. The van der Waals surface area contributed by atoms with Crippen LogP contribution in [-0.2, 0) is 4.79 Å². The topological polar surface area (TPSA) is 58.2 Å². The highest BCUT2D eigenvalue weighted by atomic mass is 35.5. The van der Waals surface area contributed by atoms with Gasteiger partial charge in [-0.3, -0.25) is 10.1 Å². The number of carbonyl (C=O) groups is 2. The molecule has 0 saturated heterocycles. The maximum Gasteiger partial charge on any atom is 0.321 e. The van der Waals surface area contributed by atoms with E-state index in [0.29, 0.717) is 17.5 Å². The first-order chi connectivity index (χ1) is 9.40. The second-order valence-corrected chi connectivity index (χ2v) is 6.57. The van der Waals surface area contributed by atoms with Gasteiger partial charge in [0, 0.05) is 11.4 Å². The quantitative estimate of drug-likeness (QED) is 0.820. The van der Waals surface area contributed by atoms with Gasteiger partial charge in [-0.25, -0.2) is 4.79 Å². The predicted octanol–water partition coefficient (Wildman–Crippen LogP) is 3.30. The van der Waals surface area contributed by atoms with Crippen molar-refractivity contribution in [3.05, 3.63) is 29.3 Å². The summed E-state index contributed by atoms with van der Waals surface area (Å²) in [5.41, 5.74) is 0. The highest BCUT2D eigenvalue weighted by Crippen LogP contribution is 2.29. The third-order valence-corrected chi connectivity index (χ3v) is 4.04. The van der Waals surface area contributed by atoms with Crippen LogP contribution in [0.2, 0.25) is 5.02 Å². The highest BCUT2D eigenvalue weighted by molar-refractivity contribution is 8.00. The van der Waals surface area contributed by atoms with Gasteiger partial charge in [0.15, 0.2) is 0 Å². The molecule has 0 aliphatic carbocycles. The minimum absolute atomic E-state index is 0.337. The maximum atomic E-state index is 11.9. The Hall–Kier alpha value is -1.20. The fourth-order valence-corrected chi connectivity index (χ4v) is 2.49. The van der Waals surface area contributed by atoms with Crippen LogP contribution in [0.5, 0.6) is 0 Å². The van der Waals surface area contributed by atoms with E-state index in [1.807, 2.05) is 32.0 Å². The third-order valence-electron chi connectivity index (χ3n) is 2.42. The van der Waals surface area contributed by atoms with Crippen LogP contribution in [-0.4, -0.2) is 23.7 Å². The van der Waals surface area contributed by atoms with Gasteiger partial charge in [0.1, 0.15) is 0 Å². The summed E-state index contributed by atoms with van der Waals surface area (Å²) in [5, 5.41) is 5.15. The average molecular weight is 315 g/mol. The minimum Gasteiger partial charge on any atom is -0.338 e. The van der Waals surface area contributed by atoms with Gasteiger partial charge < -0.3 is 5.32 Å². The minimum atomic E-state index is -0.463. The van der Waals surface area contributed by atoms with Crippen LogP contribution in [0.15, 0.2) is 29.2 Å². The molecule has 1 aromatic carbocycles. The lowest BCUT2D eigenvalue weighted by atomic mass is 10.2. The fraction of sp³-hybridized carbons (Fsp3) is 0.429. The molecule has 3 amide bonds. The molecule has 0 fully saturated rings. The molecule has 0 spiro atoms. The monoisotopic (exact) mass is 314 g/mol. The molecule has 0 aliphatic rings. The van der Waals surface area contributed by atoms with Crippen molar-refractivity contribution in [1.82, 2.24) is 10.6 Å². The maximum absolute atomic E-state index is 11.9. The van der Waals surface area contributed by atoms with Crippen molar-refractivity contribution in [1.29, 1.82) is 0 Å². The molecule has 110 valence electrons. The van der Waals surface area contributed by atoms with E-state index in [-0.39, 0.29) is 5.91 Å². The standard InChI is InChI=1S/C14H19ClN2O2S/c1-9(2)8-16-14(19)17-13(18)10(3)20-12-7-5-4-6-11(12)15/h4-7,9-10H,8H2,1-3H3,(H2,16,17,18,19). The number of hydrogen-bond donors (Lipinski definition) is 2. The van der Waals surface area contributed by atoms with Crippen molar-refractivity contribution in [3.63, 3.8) is 0 Å². The van der Waals surface area contributed by atoms with Crippen LogP contribution in [0.3, 0.4) is 0 Å². The predicted molar refractivity (Wildman–Crippen MR) is 83.2 cm³/mol. The lowest BCUT2D eigenvalue weighted by Gasteiger charge is -2.13. The summed E-state index contributed by atoms with van der Waals surface area (Å²) in [6.07, 6.45) is 0. The molecule has 1 aromatic rings. The van der Waals surface area contributed by atoms with Gasteiger partial charge in [-0.15, -0.1) is 11.8 Å². The van der Waals surface area contributed by atoms with Gasteiger partial charge in [-0.2, -0.15) is 0 Å². The number of urea groups is 1. The Morgan fingerprint density at radius 3 is 2.50 bits per heavy atom. The number of rotatable bonds is 5. The van der Waals surface area contributed by atoms with E-state index in [2.05, 4.69) is 10.6 Å². The Labute approximate surface area is 128 Å². The number of hydrogen-bond acceptors (Lipinski definition) is 3. The average Bonchev–Trinajstić information content (AvgIpc) is 2.39. The smallest absolute Gasteiger partial charge is 0.321 e. The van der Waals surface area contributed by atoms with Gasteiger partial charge in [-0.05, 0) is 25.0 Å². The highest BCUT2D eigenvalue weighted by Gasteiger charge is 2.18. The van der Waals surface area contributed by atoms with Crippen LogP contribution >= 0.6 is 23.4 Å². The van der Waals surface area contributed by atoms with Crippen molar-refractivity contribution in [2.45, 2.75) is 30.9 Å².